The predicted molar refractivity (Wildman–Crippen MR) is 107 cm³/mol. The molecule has 2 unspecified atom stereocenters. The summed E-state index contributed by atoms with van der Waals surface area (Å²) in [5, 5.41) is 9.20. The molecule has 2 atom stereocenters. The minimum Gasteiger partial charge on any atom is -0.226 e. The second-order valence-corrected chi connectivity index (χ2v) is 8.90. The lowest BCUT2D eigenvalue weighted by Crippen LogP contribution is -2.30. The van der Waals surface area contributed by atoms with Crippen molar-refractivity contribution in [1.29, 1.82) is 0 Å². The van der Waals surface area contributed by atoms with E-state index >= 15 is 0 Å². The maximum Gasteiger partial charge on any atom is 0.577 e. The summed E-state index contributed by atoms with van der Waals surface area (Å²) >= 11 is 0. The second-order valence-electron chi connectivity index (χ2n) is 8.90. The van der Waals surface area contributed by atoms with Gasteiger partial charge in [-0.1, -0.05) is 67.2 Å². The van der Waals surface area contributed by atoms with Gasteiger partial charge in [0.05, 0.1) is 0 Å². The SMILES string of the molecule is CCC(C)(CCCC(C)C)OOOC(=O)OOOC(C)(CC)CCCC(C)C. The molecule has 0 aromatic carbocycles. The molecule has 0 fully saturated rings. The van der Waals surface area contributed by atoms with Crippen molar-refractivity contribution in [2.75, 3.05) is 0 Å². The molecule has 0 aliphatic heterocycles. The molecule has 0 heterocycles. The van der Waals surface area contributed by atoms with Gasteiger partial charge < -0.3 is 0 Å². The van der Waals surface area contributed by atoms with Gasteiger partial charge in [-0.2, -0.15) is 14.6 Å². The fourth-order valence-electron chi connectivity index (χ4n) is 2.59. The summed E-state index contributed by atoms with van der Waals surface area (Å²) in [5.41, 5.74) is -1.08. The van der Waals surface area contributed by atoms with Gasteiger partial charge in [0.15, 0.2) is 0 Å². The van der Waals surface area contributed by atoms with E-state index in [1.165, 1.54) is 0 Å². The van der Waals surface area contributed by atoms with Crippen LogP contribution < -0.4 is 0 Å². The molecule has 0 spiro atoms. The molecule has 0 aliphatic rings. The molecule has 0 rings (SSSR count). The quantitative estimate of drug-likeness (QED) is 0.205. The van der Waals surface area contributed by atoms with Crippen molar-refractivity contribution in [2.45, 2.75) is 118 Å². The lowest BCUT2D eigenvalue weighted by atomic mass is 9.94. The Morgan fingerprint density at radius 3 is 1.39 bits per heavy atom. The minimum absolute atomic E-state index is 0.538. The first-order valence-corrected chi connectivity index (χ1v) is 10.6. The number of hydrogen-bond donors (Lipinski definition) is 0. The molecule has 0 N–H and O–H groups in total. The molecule has 7 heteroatoms. The highest BCUT2D eigenvalue weighted by molar-refractivity contribution is 5.57. The van der Waals surface area contributed by atoms with E-state index in [0.717, 1.165) is 38.5 Å². The lowest BCUT2D eigenvalue weighted by molar-refractivity contribution is -0.556. The summed E-state index contributed by atoms with van der Waals surface area (Å²) in [6, 6.07) is 0. The van der Waals surface area contributed by atoms with Gasteiger partial charge in [-0.25, -0.2) is 9.78 Å². The maximum absolute atomic E-state index is 11.5. The zero-order valence-electron chi connectivity index (χ0n) is 19.2. The number of carbonyl (C=O) groups excluding carboxylic acids is 1. The Balaban J connectivity index is 4.10. The highest BCUT2D eigenvalue weighted by atomic mass is 17.6. The minimum atomic E-state index is -1.19. The molecule has 0 saturated heterocycles. The summed E-state index contributed by atoms with van der Waals surface area (Å²) in [7, 11) is 0. The van der Waals surface area contributed by atoms with Crippen LogP contribution in [0.5, 0.6) is 0 Å². The molecule has 0 radical (unpaired) electrons. The van der Waals surface area contributed by atoms with Crippen molar-refractivity contribution in [2.24, 2.45) is 11.8 Å². The Hall–Kier alpha value is -0.890. The normalized spacial score (nSPS) is 16.1. The van der Waals surface area contributed by atoms with Crippen LogP contribution in [-0.2, 0) is 29.6 Å². The van der Waals surface area contributed by atoms with Gasteiger partial charge in [0, 0.05) is 0 Å². The van der Waals surface area contributed by atoms with Crippen LogP contribution in [0.3, 0.4) is 0 Å². The summed E-state index contributed by atoms with van der Waals surface area (Å²) in [5.74, 6) is 1.26. The van der Waals surface area contributed by atoms with Gasteiger partial charge in [0.2, 0.25) is 0 Å². The van der Waals surface area contributed by atoms with Gasteiger partial charge >= 0.3 is 6.16 Å². The summed E-state index contributed by atoms with van der Waals surface area (Å²) in [4.78, 5) is 30.9. The lowest BCUT2D eigenvalue weighted by Gasteiger charge is -2.26. The molecule has 0 aromatic heterocycles. The van der Waals surface area contributed by atoms with Crippen LogP contribution >= 0.6 is 0 Å². The zero-order chi connectivity index (χ0) is 21.6. The molecule has 0 saturated carbocycles. The fourth-order valence-corrected chi connectivity index (χ4v) is 2.59. The summed E-state index contributed by atoms with van der Waals surface area (Å²) in [6.07, 6.45) is 6.03. The molecule has 0 aliphatic carbocycles. The smallest absolute Gasteiger partial charge is 0.226 e. The van der Waals surface area contributed by atoms with Crippen LogP contribution in [0.15, 0.2) is 0 Å². The first-order valence-electron chi connectivity index (χ1n) is 10.6. The van der Waals surface area contributed by atoms with Crippen LogP contribution in [-0.4, -0.2) is 17.4 Å². The number of rotatable bonds is 16. The van der Waals surface area contributed by atoms with Crippen LogP contribution in [0.4, 0.5) is 4.79 Å². The average molecular weight is 407 g/mol. The van der Waals surface area contributed by atoms with Crippen molar-refractivity contribution in [3.8, 4) is 0 Å². The second kappa shape index (κ2) is 14.1. The largest absolute Gasteiger partial charge is 0.577 e. The Bertz CT molecular complexity index is 378. The Morgan fingerprint density at radius 1 is 0.750 bits per heavy atom. The third-order valence-corrected chi connectivity index (χ3v) is 5.14. The average Bonchev–Trinajstić information content (AvgIpc) is 2.61. The first kappa shape index (κ1) is 27.1. The standard InChI is InChI=1S/C21H42O7/c1-9-20(7,15-11-13-17(3)4)25-27-23-19(22)24-28-26-21(8,10-2)16-12-14-18(5)6/h17-18H,9-16H2,1-8H3. The number of hydrogen-bond acceptors (Lipinski definition) is 7. The fraction of sp³-hybridized carbons (Fsp3) is 0.952. The van der Waals surface area contributed by atoms with Crippen LogP contribution in [0.25, 0.3) is 0 Å². The molecule has 7 nitrogen and oxygen atoms in total. The molecule has 0 amide bonds. The van der Waals surface area contributed by atoms with Crippen LogP contribution in [0.1, 0.15) is 107 Å². The Kier molecular flexibility index (Phi) is 13.7. The van der Waals surface area contributed by atoms with Crippen molar-refractivity contribution >= 4 is 6.16 Å². The molecule has 28 heavy (non-hydrogen) atoms. The molecule has 0 bridgehead atoms. The van der Waals surface area contributed by atoms with Gasteiger partial charge in [-0.05, 0) is 61.4 Å². The highest BCUT2D eigenvalue weighted by Gasteiger charge is 2.27. The van der Waals surface area contributed by atoms with E-state index in [1.807, 2.05) is 27.7 Å². The third kappa shape index (κ3) is 13.3. The van der Waals surface area contributed by atoms with Crippen molar-refractivity contribution in [3.63, 3.8) is 0 Å². The van der Waals surface area contributed by atoms with E-state index in [1.54, 1.807) is 0 Å². The molecule has 168 valence electrons. The third-order valence-electron chi connectivity index (χ3n) is 5.14. The van der Waals surface area contributed by atoms with Gasteiger partial charge in [-0.15, -0.1) is 0 Å². The van der Waals surface area contributed by atoms with E-state index in [2.05, 4.69) is 47.5 Å². The van der Waals surface area contributed by atoms with Crippen molar-refractivity contribution in [1.82, 2.24) is 0 Å². The monoisotopic (exact) mass is 406 g/mol. The van der Waals surface area contributed by atoms with E-state index in [4.69, 9.17) is 9.78 Å². The molecular formula is C21H42O7. The van der Waals surface area contributed by atoms with E-state index in [9.17, 15) is 4.79 Å². The Morgan fingerprint density at radius 2 is 1.11 bits per heavy atom. The van der Waals surface area contributed by atoms with Crippen LogP contribution in [0, 0.1) is 11.8 Å². The van der Waals surface area contributed by atoms with E-state index in [0.29, 0.717) is 24.7 Å². The predicted octanol–water partition coefficient (Wildman–Crippen LogP) is 6.86. The van der Waals surface area contributed by atoms with Gasteiger partial charge in [-0.3, -0.25) is 0 Å². The Labute approximate surface area is 171 Å². The first-order chi connectivity index (χ1) is 13.1. The van der Waals surface area contributed by atoms with Gasteiger partial charge in [0.25, 0.3) is 0 Å². The maximum atomic E-state index is 11.5. The highest BCUT2D eigenvalue weighted by Crippen LogP contribution is 2.25. The zero-order valence-corrected chi connectivity index (χ0v) is 19.2. The number of carbonyl (C=O) groups is 1. The van der Waals surface area contributed by atoms with Crippen molar-refractivity contribution < 1.29 is 34.4 Å². The summed E-state index contributed by atoms with van der Waals surface area (Å²) < 4.78 is 0. The van der Waals surface area contributed by atoms with Crippen LogP contribution in [0.2, 0.25) is 0 Å². The summed E-state index contributed by atoms with van der Waals surface area (Å²) in [6.45, 7) is 16.5. The molecule has 0 aromatic rings. The van der Waals surface area contributed by atoms with E-state index < -0.39 is 17.4 Å². The molecular weight excluding hydrogens is 364 g/mol. The van der Waals surface area contributed by atoms with Gasteiger partial charge in [0.1, 0.15) is 11.2 Å². The topological polar surface area (TPSA) is 72.5 Å². The van der Waals surface area contributed by atoms with E-state index in [-0.39, 0.29) is 0 Å². The van der Waals surface area contributed by atoms with Crippen molar-refractivity contribution in [3.05, 3.63) is 0 Å².